The van der Waals surface area contributed by atoms with Gasteiger partial charge in [-0.1, -0.05) is 17.7 Å². The Morgan fingerprint density at radius 3 is 2.40 bits per heavy atom. The molecule has 1 aromatic rings. The maximum atomic E-state index is 9.81. The number of halogens is 1. The van der Waals surface area contributed by atoms with Gasteiger partial charge >= 0.3 is 0 Å². The zero-order valence-corrected chi connectivity index (χ0v) is 9.25. The Kier molecular flexibility index (Phi) is 2.32. The minimum absolute atomic E-state index is 0.0380. The quantitative estimate of drug-likeness (QED) is 0.678. The van der Waals surface area contributed by atoms with Gasteiger partial charge in [0, 0.05) is 17.0 Å². The Labute approximate surface area is 93.5 Å². The third-order valence-corrected chi connectivity index (χ3v) is 3.60. The zero-order valence-electron chi connectivity index (χ0n) is 8.50. The summed E-state index contributed by atoms with van der Waals surface area (Å²) < 4.78 is 0. The van der Waals surface area contributed by atoms with E-state index in [-0.39, 0.29) is 28.0 Å². The molecule has 0 aliphatic heterocycles. The van der Waals surface area contributed by atoms with Crippen molar-refractivity contribution in [2.75, 3.05) is 0 Å². The summed E-state index contributed by atoms with van der Waals surface area (Å²) in [4.78, 5) is 0. The number of aromatic hydroxyl groups is 2. The summed E-state index contributed by atoms with van der Waals surface area (Å²) in [7, 11) is 0. The molecule has 1 aromatic carbocycles. The molecule has 1 fully saturated rings. The average Bonchev–Trinajstić information content (AvgIpc) is 2.95. The predicted octanol–water partition coefficient (Wildman–Crippen LogP) is 2.13. The van der Waals surface area contributed by atoms with Gasteiger partial charge in [-0.15, -0.1) is 0 Å². The van der Waals surface area contributed by atoms with Gasteiger partial charge in [0.2, 0.25) is 0 Å². The number of hydrogen-bond acceptors (Lipinski definition) is 3. The van der Waals surface area contributed by atoms with Crippen molar-refractivity contribution in [1.82, 2.24) is 0 Å². The number of hydrogen-bond donors (Lipinski definition) is 3. The molecule has 4 N–H and O–H groups in total. The largest absolute Gasteiger partial charge is 0.504 e. The van der Waals surface area contributed by atoms with E-state index < -0.39 is 0 Å². The van der Waals surface area contributed by atoms with Crippen molar-refractivity contribution < 1.29 is 10.2 Å². The Hall–Kier alpha value is -0.930. The molecule has 1 saturated carbocycles. The Balaban J connectivity index is 2.51. The van der Waals surface area contributed by atoms with Gasteiger partial charge in [-0.25, -0.2) is 0 Å². The Morgan fingerprint density at radius 2 is 1.93 bits per heavy atom. The van der Waals surface area contributed by atoms with Crippen LogP contribution in [-0.2, 0) is 5.41 Å². The van der Waals surface area contributed by atoms with E-state index >= 15 is 0 Å². The highest BCUT2D eigenvalue weighted by molar-refractivity contribution is 6.32. The molecule has 3 nitrogen and oxygen atoms in total. The van der Waals surface area contributed by atoms with Crippen LogP contribution in [0.15, 0.2) is 12.1 Å². The molecule has 0 bridgehead atoms. The number of phenols is 2. The van der Waals surface area contributed by atoms with Crippen LogP contribution in [0.5, 0.6) is 11.5 Å². The zero-order chi connectivity index (χ0) is 11.2. The van der Waals surface area contributed by atoms with Crippen molar-refractivity contribution in [1.29, 1.82) is 0 Å². The first-order valence-corrected chi connectivity index (χ1v) is 5.33. The standard InChI is InChI=1S/C11H14ClNO2/c1-6(13)11(4-5-11)7-2-3-8(12)10(15)9(7)14/h2-3,6,14-15H,4-5,13H2,1H3. The van der Waals surface area contributed by atoms with Crippen molar-refractivity contribution in [2.24, 2.45) is 5.73 Å². The van der Waals surface area contributed by atoms with Gasteiger partial charge in [-0.2, -0.15) is 0 Å². The lowest BCUT2D eigenvalue weighted by Crippen LogP contribution is -2.31. The molecule has 0 saturated heterocycles. The van der Waals surface area contributed by atoms with E-state index in [0.717, 1.165) is 12.8 Å². The van der Waals surface area contributed by atoms with Crippen LogP contribution in [0, 0.1) is 0 Å². The first-order chi connectivity index (χ1) is 6.99. The van der Waals surface area contributed by atoms with Gasteiger partial charge in [0.25, 0.3) is 0 Å². The van der Waals surface area contributed by atoms with Crippen molar-refractivity contribution in [2.45, 2.75) is 31.2 Å². The summed E-state index contributed by atoms with van der Waals surface area (Å²) in [6.45, 7) is 1.91. The minimum Gasteiger partial charge on any atom is -0.504 e. The normalized spacial score (nSPS) is 19.9. The monoisotopic (exact) mass is 227 g/mol. The third-order valence-electron chi connectivity index (χ3n) is 3.30. The number of nitrogens with two attached hydrogens (primary N) is 1. The molecular weight excluding hydrogens is 214 g/mol. The first-order valence-electron chi connectivity index (χ1n) is 4.95. The van der Waals surface area contributed by atoms with Gasteiger partial charge in [0.1, 0.15) is 0 Å². The predicted molar refractivity (Wildman–Crippen MR) is 59.3 cm³/mol. The smallest absolute Gasteiger partial charge is 0.176 e. The van der Waals surface area contributed by atoms with E-state index in [2.05, 4.69) is 0 Å². The molecule has 1 aliphatic carbocycles. The van der Waals surface area contributed by atoms with Crippen LogP contribution in [0.3, 0.4) is 0 Å². The minimum atomic E-state index is -0.249. The van der Waals surface area contributed by atoms with Crippen LogP contribution < -0.4 is 5.73 Å². The molecule has 0 heterocycles. The maximum Gasteiger partial charge on any atom is 0.176 e. The summed E-state index contributed by atoms with van der Waals surface area (Å²) in [5, 5.41) is 19.5. The van der Waals surface area contributed by atoms with Crippen LogP contribution in [-0.4, -0.2) is 16.3 Å². The van der Waals surface area contributed by atoms with Gasteiger partial charge in [0.05, 0.1) is 5.02 Å². The molecule has 15 heavy (non-hydrogen) atoms. The van der Waals surface area contributed by atoms with Crippen LogP contribution in [0.2, 0.25) is 5.02 Å². The summed E-state index contributed by atoms with van der Waals surface area (Å²) in [6, 6.07) is 3.30. The highest BCUT2D eigenvalue weighted by Crippen LogP contribution is 2.55. The molecule has 1 aliphatic rings. The lowest BCUT2D eigenvalue weighted by atomic mass is 9.88. The molecule has 82 valence electrons. The second kappa shape index (κ2) is 3.29. The van der Waals surface area contributed by atoms with Crippen molar-refractivity contribution in [3.8, 4) is 11.5 Å². The Bertz CT molecular complexity index is 400. The maximum absolute atomic E-state index is 9.81. The molecule has 0 spiro atoms. The van der Waals surface area contributed by atoms with E-state index in [4.69, 9.17) is 17.3 Å². The molecule has 2 rings (SSSR count). The van der Waals surface area contributed by atoms with E-state index in [0.29, 0.717) is 5.56 Å². The molecule has 4 heteroatoms. The fourth-order valence-electron chi connectivity index (χ4n) is 2.06. The van der Waals surface area contributed by atoms with Gasteiger partial charge in [-0.05, 0) is 25.8 Å². The SMILES string of the molecule is CC(N)C1(c2ccc(Cl)c(O)c2O)CC1. The van der Waals surface area contributed by atoms with Crippen LogP contribution in [0.25, 0.3) is 0 Å². The third kappa shape index (κ3) is 1.46. The Morgan fingerprint density at radius 1 is 1.33 bits per heavy atom. The molecular formula is C11H14ClNO2. The molecule has 0 radical (unpaired) electrons. The van der Waals surface area contributed by atoms with Crippen molar-refractivity contribution >= 4 is 11.6 Å². The average molecular weight is 228 g/mol. The van der Waals surface area contributed by atoms with Crippen molar-refractivity contribution in [3.05, 3.63) is 22.7 Å². The van der Waals surface area contributed by atoms with E-state index in [1.54, 1.807) is 12.1 Å². The van der Waals surface area contributed by atoms with Gasteiger partial charge in [-0.3, -0.25) is 0 Å². The fraction of sp³-hybridized carbons (Fsp3) is 0.455. The second-order valence-electron chi connectivity index (χ2n) is 4.24. The summed E-state index contributed by atoms with van der Waals surface area (Å²) in [6.07, 6.45) is 1.89. The number of benzene rings is 1. The van der Waals surface area contributed by atoms with E-state index in [9.17, 15) is 10.2 Å². The summed E-state index contributed by atoms with van der Waals surface area (Å²) >= 11 is 5.69. The lowest BCUT2D eigenvalue weighted by molar-refractivity contribution is 0.390. The van der Waals surface area contributed by atoms with Crippen LogP contribution >= 0.6 is 11.6 Å². The lowest BCUT2D eigenvalue weighted by Gasteiger charge is -2.21. The fourth-order valence-corrected chi connectivity index (χ4v) is 2.21. The molecule has 0 amide bonds. The van der Waals surface area contributed by atoms with Crippen LogP contribution in [0.1, 0.15) is 25.3 Å². The molecule has 1 atom stereocenters. The van der Waals surface area contributed by atoms with E-state index in [1.807, 2.05) is 6.92 Å². The summed E-state index contributed by atoms with van der Waals surface area (Å²) in [5.41, 5.74) is 6.43. The highest BCUT2D eigenvalue weighted by Gasteiger charge is 2.49. The van der Waals surface area contributed by atoms with Gasteiger partial charge < -0.3 is 15.9 Å². The van der Waals surface area contributed by atoms with E-state index in [1.165, 1.54) is 0 Å². The second-order valence-corrected chi connectivity index (χ2v) is 4.64. The number of phenolic OH excluding ortho intramolecular Hbond substituents is 2. The molecule has 1 unspecified atom stereocenters. The summed E-state index contributed by atoms with van der Waals surface area (Å²) in [5.74, 6) is -0.376. The molecule has 0 aromatic heterocycles. The number of rotatable bonds is 2. The highest BCUT2D eigenvalue weighted by atomic mass is 35.5. The first kappa shape index (κ1) is 10.6. The van der Waals surface area contributed by atoms with Crippen molar-refractivity contribution in [3.63, 3.8) is 0 Å². The van der Waals surface area contributed by atoms with Crippen LogP contribution in [0.4, 0.5) is 0 Å². The van der Waals surface area contributed by atoms with Gasteiger partial charge in [0.15, 0.2) is 11.5 Å². The topological polar surface area (TPSA) is 66.5 Å².